The Morgan fingerprint density at radius 1 is 1.29 bits per heavy atom. The van der Waals surface area contributed by atoms with Gasteiger partial charge >= 0.3 is 5.69 Å². The molecular weight excluding hydrogens is 428 g/mol. The van der Waals surface area contributed by atoms with Gasteiger partial charge in [0.1, 0.15) is 24.4 Å². The zero-order valence-corrected chi connectivity index (χ0v) is 18.5. The van der Waals surface area contributed by atoms with Crippen LogP contribution in [0.1, 0.15) is 33.9 Å². The van der Waals surface area contributed by atoms with Crippen LogP contribution in [0.2, 0.25) is 0 Å². The highest BCUT2D eigenvalue weighted by atomic mass is 32.2. The van der Waals surface area contributed by atoms with Crippen LogP contribution in [0.3, 0.4) is 0 Å². The second kappa shape index (κ2) is 7.76. The Kier molecular flexibility index (Phi) is 5.53. The summed E-state index contributed by atoms with van der Waals surface area (Å²) in [5.41, 5.74) is -1.14. The topological polar surface area (TPSA) is 132 Å². The van der Waals surface area contributed by atoms with Crippen molar-refractivity contribution in [3.05, 3.63) is 33.1 Å². The number of ether oxygens (including phenoxy) is 3. The molecule has 0 aromatic carbocycles. The Bertz CT molecular complexity index is 990. The molecule has 1 aromatic rings. The van der Waals surface area contributed by atoms with Crippen molar-refractivity contribution in [1.29, 1.82) is 0 Å². The van der Waals surface area contributed by atoms with Gasteiger partial charge in [-0.3, -0.25) is 23.9 Å². The Balaban J connectivity index is 1.50. The number of hydrogen-bond donors (Lipinski definition) is 2. The zero-order valence-electron chi connectivity index (χ0n) is 17.7. The molecule has 3 fully saturated rings. The van der Waals surface area contributed by atoms with Crippen LogP contribution in [-0.4, -0.2) is 74.1 Å². The van der Waals surface area contributed by atoms with Crippen molar-refractivity contribution in [2.45, 2.75) is 68.9 Å². The van der Waals surface area contributed by atoms with Gasteiger partial charge in [-0.2, -0.15) is 0 Å². The predicted molar refractivity (Wildman–Crippen MR) is 110 cm³/mol. The molecule has 0 spiro atoms. The molecule has 5 atom stereocenters. The fraction of sp³-hybridized carbons (Fsp3) is 0.684. The van der Waals surface area contributed by atoms with Crippen LogP contribution in [0.5, 0.6) is 0 Å². The van der Waals surface area contributed by atoms with Gasteiger partial charge in [-0.1, -0.05) is 0 Å². The standard InChI is InChI=1S/C19H26N4O7S/c1-18(2)23(9-24)10(8-31-18)15(26)20-7-11-13-14(30-19(3,4)29-13)16(28-11)22-6-5-12(25)21-17(22)27/h5-6,9-11,13-14,16H,7-8H2,1-4H3,(H,20,26)(H,21,25,27)/t10-,11-,13-,14-,16-/m1/s1. The first-order valence-electron chi connectivity index (χ1n) is 10.0. The summed E-state index contributed by atoms with van der Waals surface area (Å²) in [5.74, 6) is -0.684. The van der Waals surface area contributed by atoms with Gasteiger partial charge in [0.2, 0.25) is 12.3 Å². The molecule has 4 heterocycles. The molecule has 3 saturated heterocycles. The van der Waals surface area contributed by atoms with E-state index in [1.54, 1.807) is 13.8 Å². The lowest BCUT2D eigenvalue weighted by Gasteiger charge is -2.30. The quantitative estimate of drug-likeness (QED) is 0.563. The van der Waals surface area contributed by atoms with Crippen molar-refractivity contribution in [2.75, 3.05) is 12.3 Å². The normalized spacial score (nSPS) is 33.3. The number of carbonyl (C=O) groups is 2. The monoisotopic (exact) mass is 454 g/mol. The number of nitrogens with zero attached hydrogens (tertiary/aromatic N) is 2. The molecular formula is C19H26N4O7S. The number of thioether (sulfide) groups is 1. The highest BCUT2D eigenvalue weighted by molar-refractivity contribution is 8.00. The highest BCUT2D eigenvalue weighted by Crippen LogP contribution is 2.42. The molecule has 3 aliphatic heterocycles. The molecule has 2 N–H and O–H groups in total. The van der Waals surface area contributed by atoms with E-state index in [0.29, 0.717) is 12.2 Å². The summed E-state index contributed by atoms with van der Waals surface area (Å²) in [4.78, 5) is 51.2. The van der Waals surface area contributed by atoms with Crippen LogP contribution in [0.15, 0.2) is 21.9 Å². The first kappa shape index (κ1) is 22.1. The minimum Gasteiger partial charge on any atom is -0.352 e. The molecule has 3 aliphatic rings. The van der Waals surface area contributed by atoms with Crippen LogP contribution in [0.4, 0.5) is 0 Å². The summed E-state index contributed by atoms with van der Waals surface area (Å²) < 4.78 is 19.2. The molecule has 170 valence electrons. The molecule has 31 heavy (non-hydrogen) atoms. The molecule has 0 aliphatic carbocycles. The van der Waals surface area contributed by atoms with Gasteiger partial charge < -0.3 is 24.4 Å². The summed E-state index contributed by atoms with van der Waals surface area (Å²) in [6.45, 7) is 7.41. The first-order valence-corrected chi connectivity index (χ1v) is 11.0. The fourth-order valence-corrected chi connectivity index (χ4v) is 5.41. The maximum absolute atomic E-state index is 12.8. The Morgan fingerprint density at radius 3 is 2.68 bits per heavy atom. The number of H-pyrrole nitrogens is 1. The van der Waals surface area contributed by atoms with E-state index in [4.69, 9.17) is 14.2 Å². The Labute approximate surface area is 182 Å². The lowest BCUT2D eigenvalue weighted by molar-refractivity contribution is -0.196. The summed E-state index contributed by atoms with van der Waals surface area (Å²) in [5, 5.41) is 2.85. The average Bonchev–Trinajstić information content (AvgIpc) is 3.27. The van der Waals surface area contributed by atoms with Crippen molar-refractivity contribution in [3.63, 3.8) is 0 Å². The van der Waals surface area contributed by atoms with E-state index in [0.717, 1.165) is 0 Å². The summed E-state index contributed by atoms with van der Waals surface area (Å²) >= 11 is 1.53. The van der Waals surface area contributed by atoms with Gasteiger partial charge in [-0.25, -0.2) is 4.79 Å². The number of amides is 2. The highest BCUT2D eigenvalue weighted by Gasteiger charge is 2.56. The van der Waals surface area contributed by atoms with Gasteiger partial charge in [-0.05, 0) is 27.7 Å². The van der Waals surface area contributed by atoms with E-state index in [1.807, 2.05) is 13.8 Å². The smallest absolute Gasteiger partial charge is 0.330 e. The van der Waals surface area contributed by atoms with Crippen LogP contribution < -0.4 is 16.6 Å². The average molecular weight is 455 g/mol. The van der Waals surface area contributed by atoms with Gasteiger partial charge in [0.05, 0.1) is 4.87 Å². The van der Waals surface area contributed by atoms with E-state index in [-0.39, 0.29) is 12.5 Å². The molecule has 1 aromatic heterocycles. The van der Waals surface area contributed by atoms with Crippen molar-refractivity contribution >= 4 is 24.1 Å². The molecule has 4 rings (SSSR count). The maximum atomic E-state index is 12.8. The van der Waals surface area contributed by atoms with E-state index in [9.17, 15) is 19.2 Å². The molecule has 0 unspecified atom stereocenters. The number of aromatic nitrogens is 2. The van der Waals surface area contributed by atoms with E-state index < -0.39 is 52.5 Å². The summed E-state index contributed by atoms with van der Waals surface area (Å²) in [6, 6.07) is 0.646. The Morgan fingerprint density at radius 2 is 2.00 bits per heavy atom. The molecule has 0 radical (unpaired) electrons. The third-order valence-corrected chi connectivity index (χ3v) is 7.10. The van der Waals surface area contributed by atoms with E-state index >= 15 is 0 Å². The molecule has 0 bridgehead atoms. The molecule has 12 heteroatoms. The van der Waals surface area contributed by atoms with Crippen molar-refractivity contribution < 1.29 is 23.8 Å². The van der Waals surface area contributed by atoms with E-state index in [1.165, 1.54) is 33.5 Å². The second-order valence-corrected chi connectivity index (χ2v) is 10.3. The number of hydrogen-bond acceptors (Lipinski definition) is 8. The number of aromatic amines is 1. The van der Waals surface area contributed by atoms with Gasteiger partial charge in [0, 0.05) is 24.6 Å². The minimum absolute atomic E-state index is 0.113. The van der Waals surface area contributed by atoms with E-state index in [2.05, 4.69) is 10.3 Å². The molecule has 11 nitrogen and oxygen atoms in total. The number of rotatable bonds is 5. The number of carbonyl (C=O) groups excluding carboxylic acids is 2. The Hall–Kier alpha value is -2.15. The first-order chi connectivity index (χ1) is 14.5. The van der Waals surface area contributed by atoms with Crippen LogP contribution in [0, 0.1) is 0 Å². The van der Waals surface area contributed by atoms with Crippen LogP contribution in [0.25, 0.3) is 0 Å². The third-order valence-electron chi connectivity index (χ3n) is 5.70. The third kappa shape index (κ3) is 4.04. The van der Waals surface area contributed by atoms with Crippen LogP contribution in [-0.2, 0) is 23.8 Å². The van der Waals surface area contributed by atoms with Gasteiger partial charge in [-0.15, -0.1) is 11.8 Å². The van der Waals surface area contributed by atoms with Crippen molar-refractivity contribution in [2.24, 2.45) is 0 Å². The maximum Gasteiger partial charge on any atom is 0.330 e. The van der Waals surface area contributed by atoms with Gasteiger partial charge in [0.15, 0.2) is 12.0 Å². The lowest BCUT2D eigenvalue weighted by atomic mass is 10.1. The van der Waals surface area contributed by atoms with Crippen molar-refractivity contribution in [3.8, 4) is 0 Å². The molecule has 2 amide bonds. The van der Waals surface area contributed by atoms with Crippen molar-refractivity contribution in [1.82, 2.24) is 19.8 Å². The van der Waals surface area contributed by atoms with Crippen LogP contribution >= 0.6 is 11.8 Å². The number of fused-ring (bicyclic) bond motifs is 1. The number of nitrogens with one attached hydrogen (secondary N) is 2. The lowest BCUT2D eigenvalue weighted by Crippen LogP contribution is -2.51. The van der Waals surface area contributed by atoms with Gasteiger partial charge in [0.25, 0.3) is 5.56 Å². The largest absolute Gasteiger partial charge is 0.352 e. The predicted octanol–water partition coefficient (Wildman–Crippen LogP) is -0.620. The zero-order chi connectivity index (χ0) is 22.6. The fourth-order valence-electron chi connectivity index (χ4n) is 4.21. The summed E-state index contributed by atoms with van der Waals surface area (Å²) in [6.07, 6.45) is -0.514. The molecule has 0 saturated carbocycles. The second-order valence-electron chi connectivity index (χ2n) is 8.68. The minimum atomic E-state index is -0.897. The summed E-state index contributed by atoms with van der Waals surface area (Å²) in [7, 11) is 0. The SMILES string of the molecule is CC1(C)O[C@@H]2[C@H](O1)[C@@H](CNC(=O)[C@H]1CSC(C)(C)N1C=O)O[C@H]2n1ccc(=O)[nH]c1=O.